The summed E-state index contributed by atoms with van der Waals surface area (Å²) in [5.74, 6) is 1.04. The highest BCUT2D eigenvalue weighted by atomic mass is 35.5. The number of aromatic nitrogens is 4. The van der Waals surface area contributed by atoms with Gasteiger partial charge >= 0.3 is 0 Å². The zero-order valence-electron chi connectivity index (χ0n) is 26.8. The lowest BCUT2D eigenvalue weighted by molar-refractivity contribution is -0.186. The van der Waals surface area contributed by atoms with Gasteiger partial charge in [-0.2, -0.15) is 10.2 Å². The molecule has 4 aliphatic heterocycles. The molecule has 6 heterocycles. The Morgan fingerprint density at radius 1 is 1.11 bits per heavy atom. The number of nitrogens with zero attached hydrogens (tertiary/aromatic N) is 6. The monoisotopic (exact) mass is 633 g/mol. The van der Waals surface area contributed by atoms with Crippen molar-refractivity contribution >= 4 is 34.2 Å². The van der Waals surface area contributed by atoms with Gasteiger partial charge in [-0.25, -0.2) is 0 Å². The highest BCUT2D eigenvalue weighted by molar-refractivity contribution is 6.36. The van der Waals surface area contributed by atoms with Crippen LogP contribution in [0, 0.1) is 19.3 Å². The molecule has 1 spiro atoms. The molecule has 0 radical (unpaired) electrons. The maximum absolute atomic E-state index is 12.1. The number of carbonyl (C=O) groups is 1. The highest BCUT2D eigenvalue weighted by Gasteiger charge is 2.55. The number of hydrogen-bond donors (Lipinski definition) is 1. The smallest absolute Gasteiger partial charge is 0.245 e. The number of fused-ring (bicyclic) bond motifs is 3. The van der Waals surface area contributed by atoms with Crippen molar-refractivity contribution in [3.63, 3.8) is 0 Å². The summed E-state index contributed by atoms with van der Waals surface area (Å²) in [6.45, 7) is 18.4. The summed E-state index contributed by atoms with van der Waals surface area (Å²) in [7, 11) is 0. The number of amides is 1. The molecule has 3 atom stereocenters. The van der Waals surface area contributed by atoms with Crippen LogP contribution in [0.4, 0.5) is 5.82 Å². The number of aryl methyl sites for hydroxylation is 1. The molecular weight excluding hydrogens is 590 g/mol. The summed E-state index contributed by atoms with van der Waals surface area (Å²) >= 11 is 7.19. The number of carbonyl (C=O) groups excluding carboxylic acids is 1. The first-order chi connectivity index (χ1) is 21.6. The fourth-order valence-corrected chi connectivity index (χ4v) is 9.30. The van der Waals surface area contributed by atoms with Crippen molar-refractivity contribution in [1.82, 2.24) is 29.8 Å². The lowest BCUT2D eigenvalue weighted by atomic mass is 9.60. The number of anilines is 1. The van der Waals surface area contributed by atoms with Gasteiger partial charge in [0.1, 0.15) is 0 Å². The van der Waals surface area contributed by atoms with Gasteiger partial charge in [0.2, 0.25) is 5.91 Å². The molecule has 1 aromatic carbocycles. The number of piperidine rings is 1. The van der Waals surface area contributed by atoms with Gasteiger partial charge in [-0.3, -0.25) is 19.5 Å². The summed E-state index contributed by atoms with van der Waals surface area (Å²) in [6.07, 6.45) is 7.81. The summed E-state index contributed by atoms with van der Waals surface area (Å²) in [4.78, 5) is 19.2. The van der Waals surface area contributed by atoms with E-state index in [1.54, 1.807) is 0 Å². The van der Waals surface area contributed by atoms with Gasteiger partial charge in [0.25, 0.3) is 0 Å². The van der Waals surface area contributed by atoms with Crippen LogP contribution in [0.1, 0.15) is 56.8 Å². The van der Waals surface area contributed by atoms with Crippen LogP contribution in [-0.4, -0.2) is 105 Å². The molecule has 1 amide bonds. The Balaban J connectivity index is 1.14. The molecule has 5 aliphatic rings. The van der Waals surface area contributed by atoms with Crippen molar-refractivity contribution in [2.75, 3.05) is 50.8 Å². The van der Waals surface area contributed by atoms with Crippen molar-refractivity contribution in [1.29, 1.82) is 0 Å². The van der Waals surface area contributed by atoms with E-state index in [1.807, 2.05) is 11.1 Å². The lowest BCUT2D eigenvalue weighted by Crippen LogP contribution is -2.63. The van der Waals surface area contributed by atoms with E-state index in [0.29, 0.717) is 19.3 Å². The molecule has 8 rings (SSSR count). The Hall–Kier alpha value is -2.92. The number of aromatic amines is 1. The molecule has 5 fully saturated rings. The van der Waals surface area contributed by atoms with Crippen molar-refractivity contribution in [3.05, 3.63) is 41.2 Å². The first-order valence-electron chi connectivity index (χ1n) is 16.4. The molecule has 240 valence electrons. The van der Waals surface area contributed by atoms with Crippen LogP contribution in [0.15, 0.2) is 24.9 Å². The quantitative estimate of drug-likeness (QED) is 0.400. The first kappa shape index (κ1) is 29.5. The Bertz CT molecular complexity index is 1650. The second kappa shape index (κ2) is 10.6. The van der Waals surface area contributed by atoms with E-state index in [2.05, 4.69) is 65.0 Å². The number of hydrogen-bond acceptors (Lipinski definition) is 7. The largest absolute Gasteiger partial charge is 0.376 e. The lowest BCUT2D eigenvalue weighted by Gasteiger charge is -2.58. The van der Waals surface area contributed by atoms with Crippen LogP contribution in [0.25, 0.3) is 22.0 Å². The maximum atomic E-state index is 12.1. The molecule has 45 heavy (non-hydrogen) atoms. The summed E-state index contributed by atoms with van der Waals surface area (Å²) in [5, 5.41) is 14.8. The minimum Gasteiger partial charge on any atom is -0.376 e. The van der Waals surface area contributed by atoms with Gasteiger partial charge in [0, 0.05) is 71.9 Å². The maximum Gasteiger partial charge on any atom is 0.245 e. The molecule has 1 aliphatic carbocycles. The highest BCUT2D eigenvalue weighted by Crippen LogP contribution is 2.56. The van der Waals surface area contributed by atoms with E-state index in [-0.39, 0.29) is 35.1 Å². The van der Waals surface area contributed by atoms with E-state index in [4.69, 9.17) is 26.2 Å². The molecule has 1 saturated carbocycles. The molecule has 3 unspecified atom stereocenters. The molecule has 4 saturated heterocycles. The molecule has 10 nitrogen and oxygen atoms in total. The Morgan fingerprint density at radius 3 is 2.53 bits per heavy atom. The zero-order chi connectivity index (χ0) is 31.2. The number of morpholine rings is 1. The van der Waals surface area contributed by atoms with Crippen molar-refractivity contribution < 1.29 is 14.3 Å². The number of likely N-dealkylation sites (tertiary alicyclic amines) is 1. The van der Waals surface area contributed by atoms with Crippen molar-refractivity contribution in [2.45, 2.75) is 83.2 Å². The minimum absolute atomic E-state index is 0.0291. The van der Waals surface area contributed by atoms with Crippen LogP contribution in [-0.2, 0) is 14.3 Å². The number of halogens is 1. The molecule has 11 heteroatoms. The number of H-pyrrole nitrogens is 1. The third-order valence-corrected chi connectivity index (χ3v) is 11.7. The predicted octanol–water partition coefficient (Wildman–Crippen LogP) is 4.89. The third-order valence-electron chi connectivity index (χ3n) is 11.3. The van der Waals surface area contributed by atoms with Gasteiger partial charge in [-0.1, -0.05) is 18.2 Å². The fraction of sp³-hybridized carbons (Fsp3) is 0.618. The van der Waals surface area contributed by atoms with E-state index in [1.165, 1.54) is 6.08 Å². The normalized spacial score (nSPS) is 27.9. The van der Waals surface area contributed by atoms with Gasteiger partial charge in [-0.05, 0) is 71.1 Å². The average molecular weight is 634 g/mol. The average Bonchev–Trinajstić information content (AvgIpc) is 3.55. The van der Waals surface area contributed by atoms with Gasteiger partial charge < -0.3 is 19.3 Å². The summed E-state index contributed by atoms with van der Waals surface area (Å²) < 4.78 is 14.2. The number of benzene rings is 1. The Labute approximate surface area is 269 Å². The standard InChI is InChI=1S/C34H44ClN7O3/c1-6-28(43)40-18-34(19-40)11-23(12-34)42-21(3)29(30-26-13-36-37-27(26)9-20(2)31(30)35)32(38-42)41-8-7-22(10-33(41,4)5)39-14-24-16-44-17-25(15-39)45-24/h6,9,13,22-25H,1,7-8,10-12,14-19H2,2-5H3,(H,36,37). The number of rotatable bonds is 5. The Kier molecular flexibility index (Phi) is 6.91. The molecule has 2 aromatic heterocycles. The number of ether oxygens (including phenoxy) is 2. The molecule has 3 aromatic rings. The molecule has 2 bridgehead atoms. The van der Waals surface area contributed by atoms with Gasteiger partial charge in [0.15, 0.2) is 5.82 Å². The van der Waals surface area contributed by atoms with Crippen LogP contribution in [0.5, 0.6) is 0 Å². The first-order valence-corrected chi connectivity index (χ1v) is 16.8. The van der Waals surface area contributed by atoms with Crippen molar-refractivity contribution in [3.8, 4) is 11.1 Å². The predicted molar refractivity (Wildman–Crippen MR) is 175 cm³/mol. The van der Waals surface area contributed by atoms with Gasteiger partial charge in [0.05, 0.1) is 48.2 Å². The molecular formula is C34H44ClN7O3. The summed E-state index contributed by atoms with van der Waals surface area (Å²) in [5.41, 5.74) is 5.33. The van der Waals surface area contributed by atoms with Crippen LogP contribution < -0.4 is 4.90 Å². The van der Waals surface area contributed by atoms with Crippen LogP contribution in [0.2, 0.25) is 5.02 Å². The van der Waals surface area contributed by atoms with Crippen LogP contribution >= 0.6 is 11.6 Å². The Morgan fingerprint density at radius 2 is 1.84 bits per heavy atom. The number of nitrogens with one attached hydrogen (secondary N) is 1. The van der Waals surface area contributed by atoms with Gasteiger partial charge in [-0.15, -0.1) is 0 Å². The third kappa shape index (κ3) is 4.74. The van der Waals surface area contributed by atoms with E-state index >= 15 is 0 Å². The summed E-state index contributed by atoms with van der Waals surface area (Å²) in [6, 6.07) is 2.86. The fourth-order valence-electron chi connectivity index (χ4n) is 9.05. The van der Waals surface area contributed by atoms with E-state index in [9.17, 15) is 4.79 Å². The SMILES string of the molecule is C=CC(=O)N1CC2(CC(n3nc(N4CCC(N5CC6COCC(C5)O6)CC4(C)C)c(-c4c(Cl)c(C)cc5[nH]ncc45)c3C)C2)C1. The van der Waals surface area contributed by atoms with Crippen molar-refractivity contribution in [2.24, 2.45) is 5.41 Å². The van der Waals surface area contributed by atoms with Crippen LogP contribution in [0.3, 0.4) is 0 Å². The van der Waals surface area contributed by atoms with E-state index < -0.39 is 0 Å². The topological polar surface area (TPSA) is 91.8 Å². The second-order valence-corrected chi connectivity index (χ2v) is 15.3. The zero-order valence-corrected chi connectivity index (χ0v) is 27.6. The molecule has 1 N–H and O–H groups in total. The van der Waals surface area contributed by atoms with E-state index in [0.717, 1.165) is 103 Å². The second-order valence-electron chi connectivity index (χ2n) is 14.9. The minimum atomic E-state index is -0.126.